The predicted molar refractivity (Wildman–Crippen MR) is 65.5 cm³/mol. The summed E-state index contributed by atoms with van der Waals surface area (Å²) in [5, 5.41) is 11.8. The van der Waals surface area contributed by atoms with E-state index in [1.165, 1.54) is 0 Å². The summed E-state index contributed by atoms with van der Waals surface area (Å²) in [5.41, 5.74) is 0.215. The normalized spacial score (nSPS) is 19.1. The molecule has 0 bridgehead atoms. The molecule has 4 nitrogen and oxygen atoms in total. The largest absolute Gasteiger partial charge is 1.00 e. The van der Waals surface area contributed by atoms with Crippen molar-refractivity contribution in [3.05, 3.63) is 11.3 Å². The number of allylic oxidation sites excluding steroid dienone is 1. The Balaban J connectivity index is 0.00000324. The van der Waals surface area contributed by atoms with Crippen LogP contribution in [0.4, 0.5) is 0 Å². The molecule has 0 fully saturated rings. The number of hydrogen-bond acceptors (Lipinski definition) is 4. The molecule has 1 aliphatic rings. The second-order valence-electron chi connectivity index (χ2n) is 4.67. The van der Waals surface area contributed by atoms with Gasteiger partial charge in [-0.3, -0.25) is 4.79 Å². The molecular formula is C14H21NaO4. The van der Waals surface area contributed by atoms with Gasteiger partial charge in [0.15, 0.2) is 0 Å². The molecule has 0 spiro atoms. The fourth-order valence-corrected chi connectivity index (χ4v) is 2.33. The molecule has 0 saturated carbocycles. The quantitative estimate of drug-likeness (QED) is 0.344. The van der Waals surface area contributed by atoms with Crippen LogP contribution in [0.25, 0.3) is 0 Å². The minimum Gasteiger partial charge on any atom is -0.875 e. The van der Waals surface area contributed by atoms with Crippen LogP contribution in [-0.4, -0.2) is 18.4 Å². The molecule has 1 atom stereocenters. The van der Waals surface area contributed by atoms with Crippen LogP contribution in [0.2, 0.25) is 0 Å². The third kappa shape index (κ3) is 5.67. The number of ketones is 1. The summed E-state index contributed by atoms with van der Waals surface area (Å²) in [6.07, 6.45) is 3.95. The van der Waals surface area contributed by atoms with Gasteiger partial charge in [0, 0.05) is 18.4 Å². The van der Waals surface area contributed by atoms with Crippen molar-refractivity contribution in [2.24, 2.45) is 5.92 Å². The van der Waals surface area contributed by atoms with Crippen LogP contribution in [0.1, 0.15) is 52.4 Å². The summed E-state index contributed by atoms with van der Waals surface area (Å²) in [7, 11) is 0. The van der Waals surface area contributed by atoms with E-state index in [4.69, 9.17) is 4.74 Å². The Morgan fingerprint density at radius 2 is 2.05 bits per heavy atom. The van der Waals surface area contributed by atoms with E-state index in [0.29, 0.717) is 6.42 Å². The fourth-order valence-electron chi connectivity index (χ4n) is 2.33. The minimum absolute atomic E-state index is 0. The van der Waals surface area contributed by atoms with Crippen LogP contribution >= 0.6 is 0 Å². The predicted octanol–water partition coefficient (Wildman–Crippen LogP) is -1.27. The molecule has 0 N–H and O–H groups in total. The van der Waals surface area contributed by atoms with Crippen molar-refractivity contribution < 1.29 is 49.0 Å². The van der Waals surface area contributed by atoms with Crippen LogP contribution in [0.3, 0.4) is 0 Å². The van der Waals surface area contributed by atoms with E-state index in [1.54, 1.807) is 6.92 Å². The molecule has 0 amide bonds. The van der Waals surface area contributed by atoms with Gasteiger partial charge in [0.25, 0.3) is 0 Å². The summed E-state index contributed by atoms with van der Waals surface area (Å²) in [4.78, 5) is 23.2. The topological polar surface area (TPSA) is 66.4 Å². The number of carbonyl (C=O) groups is 2. The minimum atomic E-state index is -0.531. The number of Topliss-reactive ketones (excluding diaryl/α,β-unsaturated/α-hetero) is 1. The van der Waals surface area contributed by atoms with Crippen LogP contribution in [0, 0.1) is 5.92 Å². The number of esters is 1. The van der Waals surface area contributed by atoms with Crippen LogP contribution in [-0.2, 0) is 14.3 Å². The zero-order valence-corrected chi connectivity index (χ0v) is 14.2. The molecule has 1 aliphatic carbocycles. The molecule has 0 aromatic heterocycles. The van der Waals surface area contributed by atoms with Gasteiger partial charge in [0.2, 0.25) is 0 Å². The number of rotatable bonds is 6. The zero-order valence-electron chi connectivity index (χ0n) is 12.2. The van der Waals surface area contributed by atoms with Gasteiger partial charge >= 0.3 is 35.5 Å². The van der Waals surface area contributed by atoms with Crippen molar-refractivity contribution in [2.45, 2.75) is 52.4 Å². The van der Waals surface area contributed by atoms with Gasteiger partial charge in [0.05, 0.1) is 6.61 Å². The summed E-state index contributed by atoms with van der Waals surface area (Å²) in [5.74, 6) is -1.17. The van der Waals surface area contributed by atoms with Crippen LogP contribution in [0.15, 0.2) is 11.3 Å². The smallest absolute Gasteiger partial charge is 0.875 e. The van der Waals surface area contributed by atoms with Gasteiger partial charge < -0.3 is 9.84 Å². The monoisotopic (exact) mass is 276 g/mol. The second kappa shape index (κ2) is 9.56. The Labute approximate surface area is 136 Å². The number of ether oxygens (including phenoxy) is 1. The molecule has 0 aromatic carbocycles. The molecule has 0 aliphatic heterocycles. The van der Waals surface area contributed by atoms with Gasteiger partial charge in [-0.1, -0.05) is 26.2 Å². The molecule has 0 heterocycles. The second-order valence-corrected chi connectivity index (χ2v) is 4.67. The Hall–Kier alpha value is -0.320. The van der Waals surface area contributed by atoms with E-state index in [9.17, 15) is 14.7 Å². The van der Waals surface area contributed by atoms with Crippen molar-refractivity contribution in [3.63, 3.8) is 0 Å². The maximum absolute atomic E-state index is 11.8. The first-order chi connectivity index (χ1) is 8.60. The molecule has 19 heavy (non-hydrogen) atoms. The van der Waals surface area contributed by atoms with Gasteiger partial charge in [-0.25, -0.2) is 4.79 Å². The van der Waals surface area contributed by atoms with Crippen molar-refractivity contribution in [1.82, 2.24) is 0 Å². The average Bonchev–Trinajstić information content (AvgIpc) is 2.28. The van der Waals surface area contributed by atoms with E-state index < -0.39 is 5.97 Å². The van der Waals surface area contributed by atoms with Crippen molar-refractivity contribution in [1.29, 1.82) is 0 Å². The van der Waals surface area contributed by atoms with E-state index >= 15 is 0 Å². The summed E-state index contributed by atoms with van der Waals surface area (Å²) in [6, 6.07) is 0. The van der Waals surface area contributed by atoms with Gasteiger partial charge in [0.1, 0.15) is 5.78 Å². The number of unbranched alkanes of at least 4 members (excludes halogenated alkanes) is 2. The Kier molecular flexibility index (Phi) is 9.40. The first kappa shape index (κ1) is 18.7. The first-order valence-electron chi connectivity index (χ1n) is 6.69. The van der Waals surface area contributed by atoms with Crippen molar-refractivity contribution >= 4 is 11.8 Å². The molecule has 0 radical (unpaired) electrons. The standard InChI is InChI=1S/C14H22O4.Na/c1-3-5-6-7-10-8-11(15)9-12(16)13(10)14(17)18-4-2;/h10,16H,3-9H2,1-2H3;/q;+1/p-1. The third-order valence-electron chi connectivity index (χ3n) is 3.19. The maximum atomic E-state index is 11.8. The van der Waals surface area contributed by atoms with E-state index in [0.717, 1.165) is 25.7 Å². The molecule has 102 valence electrons. The third-order valence-corrected chi connectivity index (χ3v) is 3.19. The van der Waals surface area contributed by atoms with Gasteiger partial charge in [-0.05, 0) is 19.3 Å². The Bertz CT molecular complexity index is 349. The molecule has 1 unspecified atom stereocenters. The zero-order chi connectivity index (χ0) is 13.5. The molecule has 1 rings (SSSR count). The summed E-state index contributed by atoms with van der Waals surface area (Å²) in [6.45, 7) is 4.06. The maximum Gasteiger partial charge on any atom is 1.00 e. The van der Waals surface area contributed by atoms with E-state index in [1.807, 2.05) is 0 Å². The SMILES string of the molecule is CCCCCC1CC(=O)CC([O-])=C1C(=O)OCC.[Na+]. The molecule has 0 saturated heterocycles. The van der Waals surface area contributed by atoms with E-state index in [-0.39, 0.29) is 65.6 Å². The Morgan fingerprint density at radius 1 is 1.37 bits per heavy atom. The van der Waals surface area contributed by atoms with Crippen LogP contribution in [0.5, 0.6) is 0 Å². The Morgan fingerprint density at radius 3 is 2.63 bits per heavy atom. The summed E-state index contributed by atoms with van der Waals surface area (Å²) >= 11 is 0. The van der Waals surface area contributed by atoms with Crippen LogP contribution < -0.4 is 34.7 Å². The van der Waals surface area contributed by atoms with Gasteiger partial charge in [-0.2, -0.15) is 0 Å². The van der Waals surface area contributed by atoms with E-state index in [2.05, 4.69) is 6.92 Å². The van der Waals surface area contributed by atoms with Crippen molar-refractivity contribution in [2.75, 3.05) is 6.61 Å². The number of carbonyl (C=O) groups excluding carboxylic acids is 2. The fraction of sp³-hybridized carbons (Fsp3) is 0.714. The summed E-state index contributed by atoms with van der Waals surface area (Å²) < 4.78 is 4.92. The molecule has 5 heteroatoms. The molecular weight excluding hydrogens is 255 g/mol. The van der Waals surface area contributed by atoms with Gasteiger partial charge in [-0.15, -0.1) is 5.76 Å². The first-order valence-corrected chi connectivity index (χ1v) is 6.69. The average molecular weight is 276 g/mol. The van der Waals surface area contributed by atoms with Crippen molar-refractivity contribution in [3.8, 4) is 0 Å². The molecule has 0 aromatic rings. The number of hydrogen-bond donors (Lipinski definition) is 0.